The van der Waals surface area contributed by atoms with Crippen LogP contribution in [0.25, 0.3) is 0 Å². The predicted octanol–water partition coefficient (Wildman–Crippen LogP) is 2.47. The summed E-state index contributed by atoms with van der Waals surface area (Å²) in [6.45, 7) is 0.463. The smallest absolute Gasteiger partial charge is 0.410 e. The molecule has 31 heavy (non-hydrogen) atoms. The number of hydrogen-bond donors (Lipinski definition) is 2. The van der Waals surface area contributed by atoms with E-state index in [0.29, 0.717) is 30.5 Å². The average Bonchev–Trinajstić information content (AvgIpc) is 3.28. The van der Waals surface area contributed by atoms with Crippen LogP contribution in [0, 0.1) is 11.3 Å². The van der Waals surface area contributed by atoms with Crippen LogP contribution in [0.15, 0.2) is 54.6 Å². The Balaban J connectivity index is 1.61. The number of nitriles is 1. The number of nitrogens with one attached hydrogen (secondary N) is 1. The van der Waals surface area contributed by atoms with E-state index in [2.05, 4.69) is 5.32 Å². The lowest BCUT2D eigenvalue weighted by Gasteiger charge is -2.25. The zero-order chi connectivity index (χ0) is 22.2. The monoisotopic (exact) mass is 421 g/mol. The summed E-state index contributed by atoms with van der Waals surface area (Å²) in [7, 11) is 0. The van der Waals surface area contributed by atoms with Crippen molar-refractivity contribution in [1.82, 2.24) is 10.2 Å². The minimum atomic E-state index is -1.19. The number of carbonyl (C=O) groups is 3. The minimum absolute atomic E-state index is 0.0295. The molecule has 1 heterocycles. The van der Waals surface area contributed by atoms with Gasteiger partial charge in [0.15, 0.2) is 0 Å². The number of hydrogen-bond acceptors (Lipinski definition) is 5. The van der Waals surface area contributed by atoms with Crippen molar-refractivity contribution in [1.29, 1.82) is 5.26 Å². The first-order valence-corrected chi connectivity index (χ1v) is 9.97. The van der Waals surface area contributed by atoms with Gasteiger partial charge in [0.25, 0.3) is 0 Å². The van der Waals surface area contributed by atoms with Crippen molar-refractivity contribution < 1.29 is 24.2 Å². The molecule has 1 fully saturated rings. The third kappa shape index (κ3) is 5.82. The molecular formula is C23H23N3O5. The van der Waals surface area contributed by atoms with Crippen molar-refractivity contribution >= 4 is 18.0 Å². The summed E-state index contributed by atoms with van der Waals surface area (Å²) in [5, 5.41) is 21.1. The van der Waals surface area contributed by atoms with Crippen LogP contribution < -0.4 is 5.32 Å². The van der Waals surface area contributed by atoms with E-state index in [0.717, 1.165) is 5.56 Å². The normalized spacial score (nSPS) is 16.2. The number of amides is 2. The predicted molar refractivity (Wildman–Crippen MR) is 111 cm³/mol. The number of benzene rings is 2. The zero-order valence-corrected chi connectivity index (χ0v) is 16.9. The van der Waals surface area contributed by atoms with Crippen molar-refractivity contribution in [3.63, 3.8) is 0 Å². The number of nitrogens with zero attached hydrogens (tertiary/aromatic N) is 2. The first kappa shape index (κ1) is 21.8. The lowest BCUT2D eigenvalue weighted by molar-refractivity contribution is -0.142. The third-order valence-corrected chi connectivity index (χ3v) is 5.11. The maximum atomic E-state index is 12.8. The summed E-state index contributed by atoms with van der Waals surface area (Å²) in [6, 6.07) is 15.8. The first-order chi connectivity index (χ1) is 15.0. The summed E-state index contributed by atoms with van der Waals surface area (Å²) >= 11 is 0. The zero-order valence-electron chi connectivity index (χ0n) is 16.9. The second-order valence-electron chi connectivity index (χ2n) is 7.31. The van der Waals surface area contributed by atoms with Gasteiger partial charge in [-0.15, -0.1) is 0 Å². The molecule has 0 bridgehead atoms. The molecule has 2 N–H and O–H groups in total. The van der Waals surface area contributed by atoms with Crippen molar-refractivity contribution in [3.8, 4) is 6.07 Å². The second kappa shape index (κ2) is 10.3. The van der Waals surface area contributed by atoms with Crippen LogP contribution in [0.4, 0.5) is 4.79 Å². The van der Waals surface area contributed by atoms with Crippen LogP contribution in [0.1, 0.15) is 29.5 Å². The van der Waals surface area contributed by atoms with Crippen LogP contribution in [0.2, 0.25) is 0 Å². The van der Waals surface area contributed by atoms with E-state index in [1.54, 1.807) is 24.3 Å². The van der Waals surface area contributed by atoms with Gasteiger partial charge in [-0.1, -0.05) is 42.5 Å². The van der Waals surface area contributed by atoms with Gasteiger partial charge in [0.2, 0.25) is 5.91 Å². The minimum Gasteiger partial charge on any atom is -0.480 e. The van der Waals surface area contributed by atoms with Gasteiger partial charge in [-0.05, 0) is 36.1 Å². The van der Waals surface area contributed by atoms with E-state index < -0.39 is 30.1 Å². The number of carbonyl (C=O) groups excluding carboxylic acids is 2. The van der Waals surface area contributed by atoms with Crippen LogP contribution >= 0.6 is 0 Å². The molecule has 0 unspecified atom stereocenters. The molecule has 2 amide bonds. The summed E-state index contributed by atoms with van der Waals surface area (Å²) in [5.41, 5.74) is 1.87. The number of rotatable bonds is 7. The van der Waals surface area contributed by atoms with E-state index >= 15 is 0 Å². The lowest BCUT2D eigenvalue weighted by Crippen LogP contribution is -2.51. The van der Waals surface area contributed by atoms with Gasteiger partial charge in [0.05, 0.1) is 11.6 Å². The molecule has 0 saturated carbocycles. The Morgan fingerprint density at radius 2 is 1.90 bits per heavy atom. The molecule has 0 spiro atoms. The van der Waals surface area contributed by atoms with Gasteiger partial charge in [0.1, 0.15) is 18.7 Å². The summed E-state index contributed by atoms with van der Waals surface area (Å²) in [4.78, 5) is 38.3. The molecule has 0 aromatic heterocycles. The molecule has 160 valence electrons. The fraction of sp³-hybridized carbons (Fsp3) is 0.304. The Hall–Kier alpha value is -3.86. The fourth-order valence-electron chi connectivity index (χ4n) is 3.53. The third-order valence-electron chi connectivity index (χ3n) is 5.11. The summed E-state index contributed by atoms with van der Waals surface area (Å²) < 4.78 is 5.33. The Morgan fingerprint density at radius 1 is 1.16 bits per heavy atom. The molecule has 2 atom stereocenters. The highest BCUT2D eigenvalue weighted by Crippen LogP contribution is 2.19. The largest absolute Gasteiger partial charge is 0.480 e. The van der Waals surface area contributed by atoms with Crippen LogP contribution in [0.3, 0.4) is 0 Å². The van der Waals surface area contributed by atoms with Crippen LogP contribution in [-0.4, -0.2) is 46.6 Å². The molecule has 8 heteroatoms. The number of carboxylic acids is 1. The van der Waals surface area contributed by atoms with Gasteiger partial charge in [-0.2, -0.15) is 5.26 Å². The van der Waals surface area contributed by atoms with Gasteiger partial charge in [-0.3, -0.25) is 9.69 Å². The second-order valence-corrected chi connectivity index (χ2v) is 7.31. The molecular weight excluding hydrogens is 398 g/mol. The Labute approximate surface area is 180 Å². The fourth-order valence-corrected chi connectivity index (χ4v) is 3.53. The van der Waals surface area contributed by atoms with Crippen molar-refractivity contribution in [2.45, 2.75) is 38.0 Å². The van der Waals surface area contributed by atoms with Gasteiger partial charge in [-0.25, -0.2) is 9.59 Å². The Bertz CT molecular complexity index is 986. The topological polar surface area (TPSA) is 120 Å². The van der Waals surface area contributed by atoms with E-state index in [9.17, 15) is 19.5 Å². The standard InChI is InChI=1S/C23H23N3O5/c24-14-18-9-4-8-17(12-18)13-19(22(28)29)25-21(27)20-10-5-11-26(20)23(30)31-15-16-6-2-1-3-7-16/h1-4,6-9,12,19-20H,5,10-11,13,15H2,(H,25,27)(H,28,29)/t19-,20+/m0/s1. The quantitative estimate of drug-likeness (QED) is 0.709. The van der Waals surface area contributed by atoms with Crippen LogP contribution in [-0.2, 0) is 27.4 Å². The number of likely N-dealkylation sites (tertiary alicyclic amines) is 1. The van der Waals surface area contributed by atoms with E-state index in [1.807, 2.05) is 36.4 Å². The van der Waals surface area contributed by atoms with Gasteiger partial charge >= 0.3 is 12.1 Å². The maximum absolute atomic E-state index is 12.8. The number of aliphatic carboxylic acids is 1. The Morgan fingerprint density at radius 3 is 2.61 bits per heavy atom. The maximum Gasteiger partial charge on any atom is 0.410 e. The molecule has 1 aliphatic rings. The number of carboxylic acid groups (broad SMARTS) is 1. The molecule has 2 aromatic rings. The molecule has 1 saturated heterocycles. The molecule has 2 aromatic carbocycles. The highest BCUT2D eigenvalue weighted by Gasteiger charge is 2.36. The highest BCUT2D eigenvalue weighted by molar-refractivity contribution is 5.89. The Kier molecular flexibility index (Phi) is 7.22. The van der Waals surface area contributed by atoms with Gasteiger partial charge in [0, 0.05) is 13.0 Å². The van der Waals surface area contributed by atoms with Crippen molar-refractivity contribution in [3.05, 3.63) is 71.3 Å². The highest BCUT2D eigenvalue weighted by atomic mass is 16.6. The van der Waals surface area contributed by atoms with E-state index in [-0.39, 0.29) is 13.0 Å². The van der Waals surface area contributed by atoms with E-state index in [1.165, 1.54) is 4.90 Å². The molecule has 0 radical (unpaired) electrons. The van der Waals surface area contributed by atoms with Gasteiger partial charge < -0.3 is 15.2 Å². The summed E-state index contributed by atoms with van der Waals surface area (Å²) in [6.07, 6.45) is 0.486. The van der Waals surface area contributed by atoms with Crippen molar-refractivity contribution in [2.75, 3.05) is 6.54 Å². The summed E-state index contributed by atoms with van der Waals surface area (Å²) in [5.74, 6) is -1.72. The number of ether oxygens (including phenoxy) is 1. The molecule has 0 aliphatic carbocycles. The van der Waals surface area contributed by atoms with Crippen LogP contribution in [0.5, 0.6) is 0 Å². The SMILES string of the molecule is N#Cc1cccc(C[C@H](NC(=O)[C@H]2CCCN2C(=O)OCc2ccccc2)C(=O)O)c1. The van der Waals surface area contributed by atoms with E-state index in [4.69, 9.17) is 10.00 Å². The average molecular weight is 421 g/mol. The van der Waals surface area contributed by atoms with Crippen molar-refractivity contribution in [2.24, 2.45) is 0 Å². The molecule has 8 nitrogen and oxygen atoms in total. The first-order valence-electron chi connectivity index (χ1n) is 9.97. The molecule has 3 rings (SSSR count). The molecule has 1 aliphatic heterocycles. The lowest BCUT2D eigenvalue weighted by atomic mass is 10.0.